The first kappa shape index (κ1) is 15.8. The van der Waals surface area contributed by atoms with Gasteiger partial charge in [0.15, 0.2) is 15.6 Å². The smallest absolute Gasteiger partial charge is 0.269 e. The van der Waals surface area contributed by atoms with E-state index in [9.17, 15) is 27.7 Å². The monoisotopic (exact) mass is 323 g/mol. The maximum atomic E-state index is 12.8. The molecule has 0 spiro atoms. The number of sulfone groups is 1. The Balaban J connectivity index is 2.20. The van der Waals surface area contributed by atoms with Gasteiger partial charge in [-0.15, -0.1) is 0 Å². The molecule has 0 aliphatic rings. The summed E-state index contributed by atoms with van der Waals surface area (Å²) < 4.78 is 36.9. The van der Waals surface area contributed by atoms with Crippen LogP contribution in [-0.4, -0.2) is 24.9 Å². The van der Waals surface area contributed by atoms with Crippen LogP contribution in [0, 0.1) is 15.9 Å². The van der Waals surface area contributed by atoms with Crippen molar-refractivity contribution in [3.05, 3.63) is 70.0 Å². The van der Waals surface area contributed by atoms with Crippen molar-refractivity contribution in [2.24, 2.45) is 0 Å². The number of nitro groups is 1. The molecule has 22 heavy (non-hydrogen) atoms. The van der Waals surface area contributed by atoms with Crippen molar-refractivity contribution in [1.82, 2.24) is 0 Å². The van der Waals surface area contributed by atoms with E-state index < -0.39 is 32.1 Å². The summed E-state index contributed by atoms with van der Waals surface area (Å²) >= 11 is 0. The Morgan fingerprint density at radius 3 is 2.09 bits per heavy atom. The van der Waals surface area contributed by atoms with Crippen LogP contribution in [-0.2, 0) is 9.84 Å². The van der Waals surface area contributed by atoms with Crippen LogP contribution < -0.4 is 0 Å². The number of Topliss-reactive ketones (excluding diaryl/α,β-unsaturated/α-hetero) is 1. The molecule has 2 rings (SSSR count). The first-order valence-electron chi connectivity index (χ1n) is 6.05. The van der Waals surface area contributed by atoms with Gasteiger partial charge in [-0.3, -0.25) is 14.9 Å². The number of halogens is 1. The Morgan fingerprint density at radius 1 is 1.05 bits per heavy atom. The molecule has 0 saturated heterocycles. The Morgan fingerprint density at radius 2 is 1.59 bits per heavy atom. The zero-order valence-corrected chi connectivity index (χ0v) is 11.9. The van der Waals surface area contributed by atoms with E-state index in [4.69, 9.17) is 0 Å². The molecule has 0 aliphatic heterocycles. The number of nitrogens with zero attached hydrogens (tertiary/aromatic N) is 1. The van der Waals surface area contributed by atoms with E-state index in [1.165, 1.54) is 12.1 Å². The molecule has 0 fully saturated rings. The number of hydrogen-bond donors (Lipinski definition) is 0. The molecule has 114 valence electrons. The zero-order valence-electron chi connectivity index (χ0n) is 11.1. The van der Waals surface area contributed by atoms with Gasteiger partial charge in [0.2, 0.25) is 0 Å². The van der Waals surface area contributed by atoms with Gasteiger partial charge < -0.3 is 0 Å². The second-order valence-corrected chi connectivity index (χ2v) is 6.43. The second-order valence-electron chi connectivity index (χ2n) is 4.44. The first-order chi connectivity index (χ1) is 10.3. The molecule has 0 atom stereocenters. The summed E-state index contributed by atoms with van der Waals surface area (Å²) in [5.74, 6) is -2.07. The molecule has 6 nitrogen and oxygen atoms in total. The Kier molecular flexibility index (Phi) is 4.32. The number of nitro benzene ring substituents is 1. The molecule has 0 amide bonds. The number of non-ortho nitro benzene ring substituents is 1. The largest absolute Gasteiger partial charge is 0.293 e. The lowest BCUT2D eigenvalue weighted by Gasteiger charge is -2.04. The molecule has 0 aliphatic carbocycles. The van der Waals surface area contributed by atoms with E-state index >= 15 is 0 Å². The fraction of sp³-hybridized carbons (Fsp3) is 0.0714. The maximum Gasteiger partial charge on any atom is 0.269 e. The highest BCUT2D eigenvalue weighted by atomic mass is 32.2. The lowest BCUT2D eigenvalue weighted by atomic mass is 10.1. The van der Waals surface area contributed by atoms with Crippen LogP contribution in [0.25, 0.3) is 0 Å². The van der Waals surface area contributed by atoms with Crippen molar-refractivity contribution in [2.75, 3.05) is 5.75 Å². The van der Waals surface area contributed by atoms with Crippen LogP contribution in [0.3, 0.4) is 0 Å². The minimum absolute atomic E-state index is 0.0521. The molecule has 0 unspecified atom stereocenters. The van der Waals surface area contributed by atoms with E-state index in [2.05, 4.69) is 0 Å². The number of benzene rings is 2. The number of rotatable bonds is 5. The summed E-state index contributed by atoms with van der Waals surface area (Å²) in [6.07, 6.45) is 0. The first-order valence-corrected chi connectivity index (χ1v) is 7.71. The van der Waals surface area contributed by atoms with Gasteiger partial charge in [-0.25, -0.2) is 12.8 Å². The van der Waals surface area contributed by atoms with Crippen LogP contribution >= 0.6 is 0 Å². The number of carbonyl (C=O) groups excluding carboxylic acids is 1. The normalized spacial score (nSPS) is 11.1. The van der Waals surface area contributed by atoms with Gasteiger partial charge in [0.25, 0.3) is 5.69 Å². The summed E-state index contributed by atoms with van der Waals surface area (Å²) in [4.78, 5) is 21.7. The van der Waals surface area contributed by atoms with Gasteiger partial charge in [0, 0.05) is 17.7 Å². The molecule has 0 radical (unpaired) electrons. The van der Waals surface area contributed by atoms with Crippen LogP contribution in [0.5, 0.6) is 0 Å². The number of ketones is 1. The molecule has 0 aromatic heterocycles. The summed E-state index contributed by atoms with van der Waals surface area (Å²) in [6.45, 7) is 0. The highest BCUT2D eigenvalue weighted by molar-refractivity contribution is 7.92. The maximum absolute atomic E-state index is 12.8. The van der Waals surface area contributed by atoms with E-state index in [1.54, 1.807) is 0 Å². The summed E-state index contributed by atoms with van der Waals surface area (Å²) in [5.41, 5.74) is -0.144. The minimum Gasteiger partial charge on any atom is -0.293 e. The van der Waals surface area contributed by atoms with Crippen molar-refractivity contribution >= 4 is 21.3 Å². The van der Waals surface area contributed by atoms with E-state index in [0.717, 1.165) is 36.4 Å². The number of carbonyl (C=O) groups is 1. The molecular weight excluding hydrogens is 313 g/mol. The molecular formula is C14H10FNO5S. The van der Waals surface area contributed by atoms with E-state index in [-0.39, 0.29) is 16.1 Å². The van der Waals surface area contributed by atoms with Crippen LogP contribution in [0.1, 0.15) is 10.4 Å². The quantitative estimate of drug-likeness (QED) is 0.364. The summed E-state index contributed by atoms with van der Waals surface area (Å²) in [6, 6.07) is 8.77. The minimum atomic E-state index is -3.90. The van der Waals surface area contributed by atoms with Crippen molar-refractivity contribution < 1.29 is 22.5 Å². The fourth-order valence-corrected chi connectivity index (χ4v) is 2.98. The lowest BCUT2D eigenvalue weighted by molar-refractivity contribution is -0.384. The molecule has 0 bridgehead atoms. The van der Waals surface area contributed by atoms with Crippen molar-refractivity contribution in [1.29, 1.82) is 0 Å². The van der Waals surface area contributed by atoms with E-state index in [0.29, 0.717) is 0 Å². The molecule has 8 heteroatoms. The van der Waals surface area contributed by atoms with Gasteiger partial charge in [0.1, 0.15) is 11.6 Å². The molecule has 0 heterocycles. The summed E-state index contributed by atoms with van der Waals surface area (Å²) in [7, 11) is -3.90. The third-order valence-electron chi connectivity index (χ3n) is 2.89. The number of hydrogen-bond acceptors (Lipinski definition) is 5. The van der Waals surface area contributed by atoms with E-state index in [1.807, 2.05) is 0 Å². The molecule has 2 aromatic carbocycles. The predicted octanol–water partition coefficient (Wildman–Crippen LogP) is 2.39. The second kappa shape index (κ2) is 6.02. The Labute approximate surface area is 125 Å². The predicted molar refractivity (Wildman–Crippen MR) is 75.9 cm³/mol. The standard InChI is InChI=1S/C14H10FNO5S/c15-11-3-7-13(8-4-11)22(20,21)9-14(17)10-1-5-12(6-2-10)16(18)19/h1-8H,9H2. The Hall–Kier alpha value is -2.61. The average molecular weight is 323 g/mol. The molecule has 0 saturated carbocycles. The third kappa shape index (κ3) is 3.53. The van der Waals surface area contributed by atoms with Gasteiger partial charge >= 0.3 is 0 Å². The Bertz CT molecular complexity index is 813. The summed E-state index contributed by atoms with van der Waals surface area (Å²) in [5, 5.41) is 10.5. The van der Waals surface area contributed by atoms with Crippen molar-refractivity contribution in [3.63, 3.8) is 0 Å². The van der Waals surface area contributed by atoms with Crippen LogP contribution in [0.2, 0.25) is 0 Å². The third-order valence-corrected chi connectivity index (χ3v) is 4.53. The highest BCUT2D eigenvalue weighted by Crippen LogP contribution is 2.16. The molecule has 2 aromatic rings. The van der Waals surface area contributed by atoms with Gasteiger partial charge in [-0.1, -0.05) is 0 Å². The van der Waals surface area contributed by atoms with Gasteiger partial charge in [0.05, 0.1) is 9.82 Å². The zero-order chi connectivity index (χ0) is 16.3. The van der Waals surface area contributed by atoms with Gasteiger partial charge in [-0.05, 0) is 36.4 Å². The average Bonchev–Trinajstić information content (AvgIpc) is 2.47. The van der Waals surface area contributed by atoms with Crippen molar-refractivity contribution in [3.8, 4) is 0 Å². The van der Waals surface area contributed by atoms with Crippen molar-refractivity contribution in [2.45, 2.75) is 4.90 Å². The fourth-order valence-electron chi connectivity index (χ4n) is 1.75. The van der Waals surface area contributed by atoms with Gasteiger partial charge in [-0.2, -0.15) is 0 Å². The molecule has 0 N–H and O–H groups in total. The SMILES string of the molecule is O=C(CS(=O)(=O)c1ccc(F)cc1)c1ccc([N+](=O)[O-])cc1. The van der Waals surface area contributed by atoms with Crippen LogP contribution in [0.15, 0.2) is 53.4 Å². The highest BCUT2D eigenvalue weighted by Gasteiger charge is 2.21. The lowest BCUT2D eigenvalue weighted by Crippen LogP contribution is -2.16. The topological polar surface area (TPSA) is 94.3 Å². The van der Waals surface area contributed by atoms with Crippen LogP contribution in [0.4, 0.5) is 10.1 Å².